The summed E-state index contributed by atoms with van der Waals surface area (Å²) in [5.41, 5.74) is 2.20. The number of urea groups is 1. The van der Waals surface area contributed by atoms with E-state index < -0.39 is 17.7 Å². The Balaban J connectivity index is 1.66. The highest BCUT2D eigenvalue weighted by molar-refractivity contribution is 6.06. The Labute approximate surface area is 184 Å². The number of benzene rings is 2. The smallest absolute Gasteiger partial charge is 0.325 e. The van der Waals surface area contributed by atoms with Crippen molar-refractivity contribution >= 4 is 11.9 Å². The molecule has 1 heterocycles. The minimum atomic E-state index is -0.986. The molecule has 0 bridgehead atoms. The second-order valence-electron chi connectivity index (χ2n) is 8.47. The van der Waals surface area contributed by atoms with E-state index >= 15 is 0 Å². The number of aryl methyl sites for hydroxylation is 1. The minimum absolute atomic E-state index is 0.00380. The van der Waals surface area contributed by atoms with Crippen LogP contribution in [0.3, 0.4) is 0 Å². The summed E-state index contributed by atoms with van der Waals surface area (Å²) >= 11 is 0. The molecule has 0 radical (unpaired) electrons. The summed E-state index contributed by atoms with van der Waals surface area (Å²) in [5.74, 6) is -0.289. The van der Waals surface area contributed by atoms with Crippen molar-refractivity contribution in [1.29, 1.82) is 0 Å². The van der Waals surface area contributed by atoms with Crippen LogP contribution in [0.25, 0.3) is 0 Å². The molecule has 3 rings (SSSR count). The van der Waals surface area contributed by atoms with Gasteiger partial charge < -0.3 is 15.2 Å². The number of imide groups is 1. The van der Waals surface area contributed by atoms with Gasteiger partial charge in [0.25, 0.3) is 5.91 Å². The third-order valence-electron chi connectivity index (χ3n) is 5.71. The highest BCUT2D eigenvalue weighted by Crippen LogP contribution is 2.27. The largest absolute Gasteiger partial charge is 0.389 e. The quantitative estimate of drug-likeness (QED) is 0.566. The van der Waals surface area contributed by atoms with Crippen molar-refractivity contribution in [3.63, 3.8) is 0 Å². The van der Waals surface area contributed by atoms with E-state index in [0.29, 0.717) is 6.42 Å². The van der Waals surface area contributed by atoms with Crippen LogP contribution < -0.4 is 5.32 Å². The van der Waals surface area contributed by atoms with E-state index in [4.69, 9.17) is 4.74 Å². The van der Waals surface area contributed by atoms with Crippen LogP contribution in [0, 0.1) is 6.92 Å². The zero-order valence-electron chi connectivity index (χ0n) is 18.5. The number of aliphatic hydroxyl groups excluding tert-OH is 1. The maximum atomic E-state index is 12.8. The second kappa shape index (κ2) is 10.1. The Morgan fingerprint density at radius 2 is 1.71 bits per heavy atom. The lowest BCUT2D eigenvalue weighted by Crippen LogP contribution is -2.44. The molecule has 1 saturated heterocycles. The van der Waals surface area contributed by atoms with Gasteiger partial charge in [-0.25, -0.2) is 4.79 Å². The lowest BCUT2D eigenvalue weighted by molar-refractivity contribution is -0.132. The van der Waals surface area contributed by atoms with E-state index in [0.717, 1.165) is 34.4 Å². The van der Waals surface area contributed by atoms with Crippen molar-refractivity contribution in [2.45, 2.75) is 57.8 Å². The number of ether oxygens (including phenoxy) is 1. The van der Waals surface area contributed by atoms with Crippen molar-refractivity contribution < 1.29 is 19.4 Å². The third kappa shape index (κ3) is 5.51. The molecule has 1 aliphatic heterocycles. The Morgan fingerprint density at radius 3 is 2.35 bits per heavy atom. The van der Waals surface area contributed by atoms with Crippen LogP contribution in [0.4, 0.5) is 4.79 Å². The van der Waals surface area contributed by atoms with Gasteiger partial charge in [-0.3, -0.25) is 9.69 Å². The highest BCUT2D eigenvalue weighted by Gasteiger charge is 2.47. The van der Waals surface area contributed by atoms with Crippen molar-refractivity contribution in [3.05, 3.63) is 71.3 Å². The number of hydrogen-bond acceptors (Lipinski definition) is 4. The van der Waals surface area contributed by atoms with Gasteiger partial charge >= 0.3 is 6.03 Å². The molecule has 3 atom stereocenters. The Hall–Kier alpha value is -2.70. The predicted molar refractivity (Wildman–Crippen MR) is 120 cm³/mol. The molecule has 1 aliphatic rings. The summed E-state index contributed by atoms with van der Waals surface area (Å²) < 4.78 is 6.09. The minimum Gasteiger partial charge on any atom is -0.389 e. The number of carbonyl (C=O) groups is 2. The van der Waals surface area contributed by atoms with Gasteiger partial charge in [-0.05, 0) is 31.4 Å². The standard InChI is InChI=1S/C25H32N2O4/c1-4-5-15-25(3)23(29)27(24(30)26-25)16-21(28)17-31-22(19-9-7-6-8-10-19)20-13-11-18(2)12-14-20/h6-14,21-22,28H,4-5,15-17H2,1-3H3,(H,26,30)/t21-,22+,25+/m1/s1. The Bertz CT molecular complexity index is 884. The molecule has 31 heavy (non-hydrogen) atoms. The molecule has 0 saturated carbocycles. The van der Waals surface area contributed by atoms with E-state index in [2.05, 4.69) is 5.32 Å². The molecule has 2 aromatic rings. The van der Waals surface area contributed by atoms with Crippen molar-refractivity contribution in [2.75, 3.05) is 13.2 Å². The van der Waals surface area contributed by atoms with Gasteiger partial charge in [-0.2, -0.15) is 0 Å². The highest BCUT2D eigenvalue weighted by atomic mass is 16.5. The summed E-state index contributed by atoms with van der Waals surface area (Å²) in [6, 6.07) is 17.4. The Kier molecular flexibility index (Phi) is 7.46. The first-order valence-corrected chi connectivity index (χ1v) is 10.9. The Morgan fingerprint density at radius 1 is 1.06 bits per heavy atom. The predicted octanol–water partition coefficient (Wildman–Crippen LogP) is 3.96. The first-order chi connectivity index (χ1) is 14.8. The molecule has 6 nitrogen and oxygen atoms in total. The second-order valence-corrected chi connectivity index (χ2v) is 8.47. The molecule has 1 fully saturated rings. The summed E-state index contributed by atoms with van der Waals surface area (Å²) in [4.78, 5) is 26.2. The van der Waals surface area contributed by atoms with Gasteiger partial charge in [0, 0.05) is 0 Å². The summed E-state index contributed by atoms with van der Waals surface area (Å²) in [5, 5.41) is 13.4. The fraction of sp³-hybridized carbons (Fsp3) is 0.440. The molecule has 0 spiro atoms. The van der Waals surface area contributed by atoms with Crippen LogP contribution in [-0.2, 0) is 9.53 Å². The molecule has 0 unspecified atom stereocenters. The van der Waals surface area contributed by atoms with Gasteiger partial charge in [-0.15, -0.1) is 0 Å². The third-order valence-corrected chi connectivity index (χ3v) is 5.71. The number of hydrogen-bond donors (Lipinski definition) is 2. The van der Waals surface area contributed by atoms with E-state index in [-0.39, 0.29) is 25.2 Å². The van der Waals surface area contributed by atoms with E-state index in [1.165, 1.54) is 0 Å². The van der Waals surface area contributed by atoms with Crippen LogP contribution in [0.1, 0.15) is 55.9 Å². The van der Waals surface area contributed by atoms with Gasteiger partial charge in [0.15, 0.2) is 0 Å². The number of amides is 3. The van der Waals surface area contributed by atoms with Crippen LogP contribution in [-0.4, -0.2) is 46.7 Å². The normalized spacial score (nSPS) is 20.6. The number of carbonyl (C=O) groups excluding carboxylic acids is 2. The molecule has 2 aromatic carbocycles. The first-order valence-electron chi connectivity index (χ1n) is 10.9. The molecule has 3 amide bonds. The molecule has 0 aliphatic carbocycles. The van der Waals surface area contributed by atoms with Crippen molar-refractivity contribution in [1.82, 2.24) is 10.2 Å². The van der Waals surface area contributed by atoms with Crippen LogP contribution in [0.5, 0.6) is 0 Å². The monoisotopic (exact) mass is 424 g/mol. The molecule has 166 valence electrons. The number of nitrogens with zero attached hydrogens (tertiary/aromatic N) is 1. The number of unbranched alkanes of at least 4 members (excludes halogenated alkanes) is 1. The topological polar surface area (TPSA) is 78.9 Å². The number of nitrogens with one attached hydrogen (secondary N) is 1. The number of aliphatic hydroxyl groups is 1. The van der Waals surface area contributed by atoms with Crippen LogP contribution in [0.2, 0.25) is 0 Å². The average Bonchev–Trinajstić information content (AvgIpc) is 2.97. The molecular formula is C25H32N2O4. The van der Waals surface area contributed by atoms with Crippen molar-refractivity contribution in [2.24, 2.45) is 0 Å². The lowest BCUT2D eigenvalue weighted by Gasteiger charge is -2.24. The van der Waals surface area contributed by atoms with Crippen LogP contribution >= 0.6 is 0 Å². The number of rotatable bonds is 10. The van der Waals surface area contributed by atoms with E-state index in [9.17, 15) is 14.7 Å². The maximum Gasteiger partial charge on any atom is 0.325 e. The van der Waals surface area contributed by atoms with Gasteiger partial charge in [0.2, 0.25) is 0 Å². The fourth-order valence-corrected chi connectivity index (χ4v) is 3.84. The van der Waals surface area contributed by atoms with Gasteiger partial charge in [-0.1, -0.05) is 79.9 Å². The lowest BCUT2D eigenvalue weighted by atomic mass is 9.95. The molecule has 2 N–H and O–H groups in total. The molecule has 6 heteroatoms. The first kappa shape index (κ1) is 23.0. The average molecular weight is 425 g/mol. The maximum absolute atomic E-state index is 12.8. The van der Waals surface area contributed by atoms with E-state index in [1.807, 2.05) is 68.4 Å². The van der Waals surface area contributed by atoms with Gasteiger partial charge in [0.05, 0.1) is 19.3 Å². The summed E-state index contributed by atoms with van der Waals surface area (Å²) in [6.45, 7) is 5.71. The number of β-amino-alcohol motifs (C(OH)–C–C–N with tert-alkyl or cyclic N) is 1. The summed E-state index contributed by atoms with van der Waals surface area (Å²) in [6.07, 6.45) is 1.03. The zero-order chi connectivity index (χ0) is 22.4. The fourth-order valence-electron chi connectivity index (χ4n) is 3.84. The molecule has 0 aromatic heterocycles. The molecular weight excluding hydrogens is 392 g/mol. The summed E-state index contributed by atoms with van der Waals surface area (Å²) in [7, 11) is 0. The zero-order valence-corrected chi connectivity index (χ0v) is 18.5. The van der Waals surface area contributed by atoms with Crippen molar-refractivity contribution in [3.8, 4) is 0 Å². The SMILES string of the molecule is CCCC[C@]1(C)NC(=O)N(C[C@@H](O)CO[C@@H](c2ccccc2)c2ccc(C)cc2)C1=O. The van der Waals surface area contributed by atoms with E-state index in [1.54, 1.807) is 6.92 Å². The van der Waals surface area contributed by atoms with Gasteiger partial charge in [0.1, 0.15) is 11.6 Å². The van der Waals surface area contributed by atoms with Crippen LogP contribution in [0.15, 0.2) is 54.6 Å².